The molecule has 0 saturated carbocycles. The first-order valence-corrected chi connectivity index (χ1v) is 11.6. The van der Waals surface area contributed by atoms with Gasteiger partial charge in [0.25, 0.3) is 0 Å². The first-order valence-electron chi connectivity index (χ1n) is 10.8. The maximum atomic E-state index is 12.5. The largest absolute Gasteiger partial charge is 0.493 e. The minimum atomic E-state index is -0.396. The van der Waals surface area contributed by atoms with Gasteiger partial charge in [0.2, 0.25) is 0 Å². The zero-order valence-corrected chi connectivity index (χ0v) is 19.1. The Kier molecular flexibility index (Phi) is 6.32. The summed E-state index contributed by atoms with van der Waals surface area (Å²) in [5.41, 5.74) is 11.3. The van der Waals surface area contributed by atoms with Crippen molar-refractivity contribution in [2.75, 3.05) is 26.1 Å². The summed E-state index contributed by atoms with van der Waals surface area (Å²) < 4.78 is 16.7. The van der Waals surface area contributed by atoms with Gasteiger partial charge in [-0.3, -0.25) is 0 Å². The third-order valence-corrected chi connectivity index (χ3v) is 6.61. The second-order valence-electron chi connectivity index (χ2n) is 7.58. The smallest absolute Gasteiger partial charge is 0.350 e. The van der Waals surface area contributed by atoms with Crippen LogP contribution in [0.25, 0.3) is 21.3 Å². The van der Waals surface area contributed by atoms with Crippen molar-refractivity contribution in [3.63, 3.8) is 0 Å². The molecule has 0 saturated heterocycles. The summed E-state index contributed by atoms with van der Waals surface area (Å²) in [5, 5.41) is 0.831. The quantitative estimate of drug-likeness (QED) is 0.495. The van der Waals surface area contributed by atoms with E-state index in [2.05, 4.69) is 6.92 Å². The van der Waals surface area contributed by atoms with E-state index in [-0.39, 0.29) is 0 Å². The van der Waals surface area contributed by atoms with E-state index in [1.165, 1.54) is 16.9 Å². The second kappa shape index (κ2) is 9.14. The van der Waals surface area contributed by atoms with Crippen molar-refractivity contribution < 1.29 is 19.0 Å². The van der Waals surface area contributed by atoms with Gasteiger partial charge < -0.3 is 19.9 Å². The standard InChI is InChI=1S/C24H28N2O4S/c1-4-12-30-17-11-10-14(13-18(17)28-3)19-15-8-6-7-9-16(15)26-23-20(19)21(25)22(31-23)24(27)29-5-2/h10-11,13H,4-9,12,25H2,1-3H3. The van der Waals surface area contributed by atoms with E-state index in [4.69, 9.17) is 24.9 Å². The highest BCUT2D eigenvalue weighted by molar-refractivity contribution is 7.21. The number of fused-ring (bicyclic) bond motifs is 2. The minimum Gasteiger partial charge on any atom is -0.493 e. The van der Waals surface area contributed by atoms with E-state index in [1.807, 2.05) is 18.2 Å². The highest BCUT2D eigenvalue weighted by Gasteiger charge is 2.26. The molecule has 2 heterocycles. The number of benzene rings is 1. The summed E-state index contributed by atoms with van der Waals surface area (Å²) in [6.45, 7) is 4.80. The van der Waals surface area contributed by atoms with Crippen molar-refractivity contribution in [3.8, 4) is 22.6 Å². The van der Waals surface area contributed by atoms with E-state index >= 15 is 0 Å². The third kappa shape index (κ3) is 3.94. The molecular weight excluding hydrogens is 412 g/mol. The van der Waals surface area contributed by atoms with Gasteiger partial charge in [0.05, 0.1) is 26.0 Å². The van der Waals surface area contributed by atoms with E-state index in [0.29, 0.717) is 29.5 Å². The molecule has 7 heteroatoms. The van der Waals surface area contributed by atoms with Gasteiger partial charge in [0.15, 0.2) is 11.5 Å². The summed E-state index contributed by atoms with van der Waals surface area (Å²) in [6.07, 6.45) is 5.01. The van der Waals surface area contributed by atoms with Crippen molar-refractivity contribution in [1.82, 2.24) is 4.98 Å². The first-order chi connectivity index (χ1) is 15.1. The van der Waals surface area contributed by atoms with Crippen LogP contribution in [0.3, 0.4) is 0 Å². The van der Waals surface area contributed by atoms with Crippen LogP contribution in [0.5, 0.6) is 11.5 Å². The molecule has 1 aliphatic rings. The molecule has 3 aromatic rings. The Morgan fingerprint density at radius 3 is 2.74 bits per heavy atom. The Balaban J connectivity index is 1.94. The SMILES string of the molecule is CCCOc1ccc(-c2c3c(nc4sc(C(=O)OCC)c(N)c24)CCCC3)cc1OC. The van der Waals surface area contributed by atoms with Gasteiger partial charge in [-0.2, -0.15) is 0 Å². The molecule has 0 radical (unpaired) electrons. The number of aromatic nitrogens is 1. The van der Waals surface area contributed by atoms with Gasteiger partial charge >= 0.3 is 5.97 Å². The fraction of sp³-hybridized carbons (Fsp3) is 0.417. The number of carbonyl (C=O) groups excluding carboxylic acids is 1. The highest BCUT2D eigenvalue weighted by Crippen LogP contribution is 2.45. The van der Waals surface area contributed by atoms with Crippen molar-refractivity contribution >= 4 is 33.2 Å². The van der Waals surface area contributed by atoms with Gasteiger partial charge in [-0.15, -0.1) is 11.3 Å². The molecule has 0 fully saturated rings. The summed E-state index contributed by atoms with van der Waals surface area (Å²) in [4.78, 5) is 18.6. The number of nitrogens with two attached hydrogens (primary N) is 1. The van der Waals surface area contributed by atoms with Crippen molar-refractivity contribution in [3.05, 3.63) is 34.3 Å². The van der Waals surface area contributed by atoms with Gasteiger partial charge in [0.1, 0.15) is 9.71 Å². The number of thiophene rings is 1. The number of nitrogen functional groups attached to an aromatic ring is 1. The van der Waals surface area contributed by atoms with Crippen LogP contribution in [0.2, 0.25) is 0 Å². The Bertz CT molecular complexity index is 1120. The molecule has 0 unspecified atom stereocenters. The van der Waals surface area contributed by atoms with Gasteiger partial charge in [-0.25, -0.2) is 9.78 Å². The monoisotopic (exact) mass is 440 g/mol. The maximum absolute atomic E-state index is 12.5. The number of anilines is 1. The van der Waals surface area contributed by atoms with Crippen LogP contribution in [0, 0.1) is 0 Å². The van der Waals surface area contributed by atoms with Crippen LogP contribution < -0.4 is 15.2 Å². The van der Waals surface area contributed by atoms with E-state index < -0.39 is 5.97 Å². The van der Waals surface area contributed by atoms with Crippen LogP contribution in [0.1, 0.15) is 54.0 Å². The summed E-state index contributed by atoms with van der Waals surface area (Å²) in [6, 6.07) is 5.98. The van der Waals surface area contributed by atoms with Crippen LogP contribution in [0.4, 0.5) is 5.69 Å². The molecule has 164 valence electrons. The van der Waals surface area contributed by atoms with Crippen molar-refractivity contribution in [2.24, 2.45) is 0 Å². The zero-order chi connectivity index (χ0) is 22.0. The molecule has 2 aromatic heterocycles. The Hall–Kier alpha value is -2.80. The van der Waals surface area contributed by atoms with Gasteiger partial charge in [-0.1, -0.05) is 13.0 Å². The number of hydrogen-bond acceptors (Lipinski definition) is 7. The lowest BCUT2D eigenvalue weighted by molar-refractivity contribution is 0.0533. The number of rotatable bonds is 7. The number of ether oxygens (including phenoxy) is 3. The number of aryl methyl sites for hydroxylation is 1. The molecule has 0 amide bonds. The molecule has 6 nitrogen and oxygen atoms in total. The van der Waals surface area contributed by atoms with Crippen molar-refractivity contribution in [1.29, 1.82) is 0 Å². The Morgan fingerprint density at radius 1 is 1.19 bits per heavy atom. The fourth-order valence-corrected chi connectivity index (χ4v) is 5.15. The van der Waals surface area contributed by atoms with Crippen LogP contribution >= 0.6 is 11.3 Å². The molecular formula is C24H28N2O4S. The van der Waals surface area contributed by atoms with Gasteiger partial charge in [0, 0.05) is 11.1 Å². The van der Waals surface area contributed by atoms with Crippen LogP contribution in [0.15, 0.2) is 18.2 Å². The predicted octanol–water partition coefficient (Wildman–Crippen LogP) is 5.40. The molecule has 4 rings (SSSR count). The average Bonchev–Trinajstić information content (AvgIpc) is 3.12. The molecule has 1 aliphatic carbocycles. The molecule has 0 spiro atoms. The minimum absolute atomic E-state index is 0.305. The van der Waals surface area contributed by atoms with E-state index in [0.717, 1.165) is 64.9 Å². The van der Waals surface area contributed by atoms with Crippen LogP contribution in [-0.2, 0) is 17.6 Å². The number of methoxy groups -OCH3 is 1. The van der Waals surface area contributed by atoms with E-state index in [1.54, 1.807) is 14.0 Å². The topological polar surface area (TPSA) is 83.7 Å². The molecule has 0 aliphatic heterocycles. The first kappa shape index (κ1) is 21.4. The van der Waals surface area contributed by atoms with E-state index in [9.17, 15) is 4.79 Å². The summed E-state index contributed by atoms with van der Waals surface area (Å²) >= 11 is 1.31. The molecule has 0 atom stereocenters. The zero-order valence-electron chi connectivity index (χ0n) is 18.2. The third-order valence-electron chi connectivity index (χ3n) is 5.53. The Morgan fingerprint density at radius 2 is 2.00 bits per heavy atom. The molecule has 0 bridgehead atoms. The number of carbonyl (C=O) groups is 1. The molecule has 2 N–H and O–H groups in total. The molecule has 1 aromatic carbocycles. The van der Waals surface area contributed by atoms with Crippen molar-refractivity contribution in [2.45, 2.75) is 46.0 Å². The van der Waals surface area contributed by atoms with Crippen LogP contribution in [-0.4, -0.2) is 31.3 Å². The predicted molar refractivity (Wildman–Crippen MR) is 124 cm³/mol. The fourth-order valence-electron chi connectivity index (χ4n) is 4.13. The second-order valence-corrected chi connectivity index (χ2v) is 8.58. The number of hydrogen-bond donors (Lipinski definition) is 1. The Labute approximate surface area is 186 Å². The normalized spacial score (nSPS) is 13.1. The summed E-state index contributed by atoms with van der Waals surface area (Å²) in [7, 11) is 1.65. The molecule has 31 heavy (non-hydrogen) atoms. The maximum Gasteiger partial charge on any atom is 0.350 e. The highest BCUT2D eigenvalue weighted by atomic mass is 32.1. The number of nitrogens with zero attached hydrogens (tertiary/aromatic N) is 1. The lowest BCUT2D eigenvalue weighted by Gasteiger charge is -2.21. The summed E-state index contributed by atoms with van der Waals surface area (Å²) in [5.74, 6) is 1.01. The number of esters is 1. The average molecular weight is 441 g/mol. The lowest BCUT2D eigenvalue weighted by Crippen LogP contribution is -2.08. The number of pyridine rings is 1. The van der Waals surface area contributed by atoms with Gasteiger partial charge in [-0.05, 0) is 67.9 Å². The lowest BCUT2D eigenvalue weighted by atomic mass is 9.87.